The van der Waals surface area contributed by atoms with E-state index < -0.39 is 15.9 Å². The summed E-state index contributed by atoms with van der Waals surface area (Å²) >= 11 is 0. The highest BCUT2D eigenvalue weighted by atomic mass is 32.2. The number of anilines is 1. The van der Waals surface area contributed by atoms with E-state index in [-0.39, 0.29) is 39.4 Å². The van der Waals surface area contributed by atoms with E-state index >= 15 is 0 Å². The van der Waals surface area contributed by atoms with Crippen molar-refractivity contribution in [2.45, 2.75) is 38.1 Å². The maximum Gasteiger partial charge on any atom is 0.261 e. The first-order chi connectivity index (χ1) is 14.2. The SMILES string of the molecule is CCNC(=O)c1cc(S(=O)(=O)Nc2ccccc2C(=O)NC(C)CC)ccc1OC. The van der Waals surface area contributed by atoms with Gasteiger partial charge in [0.1, 0.15) is 5.75 Å². The molecule has 0 spiro atoms. The molecule has 30 heavy (non-hydrogen) atoms. The minimum atomic E-state index is -4.06. The maximum atomic E-state index is 13.0. The van der Waals surface area contributed by atoms with Gasteiger partial charge in [-0.05, 0) is 50.6 Å². The molecule has 1 atom stereocenters. The number of sulfonamides is 1. The summed E-state index contributed by atoms with van der Waals surface area (Å²) in [4.78, 5) is 24.7. The minimum absolute atomic E-state index is 0.0524. The molecule has 0 heterocycles. The van der Waals surface area contributed by atoms with Crippen molar-refractivity contribution < 1.29 is 22.7 Å². The number of rotatable bonds is 9. The molecular weight excluding hydrogens is 406 g/mol. The second-order valence-corrected chi connectivity index (χ2v) is 8.34. The Labute approximate surface area is 177 Å². The Kier molecular flexibility index (Phi) is 7.82. The molecule has 0 saturated heterocycles. The summed E-state index contributed by atoms with van der Waals surface area (Å²) in [6.07, 6.45) is 0.744. The molecule has 2 aromatic carbocycles. The van der Waals surface area contributed by atoms with Crippen molar-refractivity contribution in [2.75, 3.05) is 18.4 Å². The number of methoxy groups -OCH3 is 1. The zero-order valence-electron chi connectivity index (χ0n) is 17.5. The van der Waals surface area contributed by atoms with Crippen LogP contribution < -0.4 is 20.1 Å². The first-order valence-corrected chi connectivity index (χ1v) is 11.1. The second-order valence-electron chi connectivity index (χ2n) is 6.66. The molecule has 0 aliphatic rings. The van der Waals surface area contributed by atoms with Gasteiger partial charge in [-0.1, -0.05) is 19.1 Å². The lowest BCUT2D eigenvalue weighted by atomic mass is 10.1. The Balaban J connectivity index is 2.39. The van der Waals surface area contributed by atoms with E-state index in [0.717, 1.165) is 6.42 Å². The normalized spacial score (nSPS) is 12.0. The van der Waals surface area contributed by atoms with Gasteiger partial charge in [-0.15, -0.1) is 0 Å². The number of amides is 2. The molecule has 162 valence electrons. The molecule has 0 aliphatic carbocycles. The molecule has 0 radical (unpaired) electrons. The number of benzene rings is 2. The van der Waals surface area contributed by atoms with Crippen LogP contribution in [0.2, 0.25) is 0 Å². The summed E-state index contributed by atoms with van der Waals surface area (Å²) < 4.78 is 33.6. The van der Waals surface area contributed by atoms with E-state index in [4.69, 9.17) is 4.74 Å². The van der Waals surface area contributed by atoms with Crippen LogP contribution in [0.3, 0.4) is 0 Å². The lowest BCUT2D eigenvalue weighted by molar-refractivity contribution is 0.0936. The van der Waals surface area contributed by atoms with Crippen molar-refractivity contribution in [3.05, 3.63) is 53.6 Å². The van der Waals surface area contributed by atoms with Gasteiger partial charge in [-0.2, -0.15) is 0 Å². The van der Waals surface area contributed by atoms with Crippen molar-refractivity contribution in [2.24, 2.45) is 0 Å². The number of nitrogens with one attached hydrogen (secondary N) is 3. The van der Waals surface area contributed by atoms with Crippen LogP contribution >= 0.6 is 0 Å². The van der Waals surface area contributed by atoms with Crippen LogP contribution in [-0.2, 0) is 10.0 Å². The van der Waals surface area contributed by atoms with Crippen LogP contribution in [0.5, 0.6) is 5.75 Å². The summed E-state index contributed by atoms with van der Waals surface area (Å²) in [7, 11) is -2.67. The Morgan fingerprint density at radius 1 is 1.03 bits per heavy atom. The van der Waals surface area contributed by atoms with Crippen LogP contribution in [0.15, 0.2) is 47.4 Å². The molecule has 0 fully saturated rings. The Hall–Kier alpha value is -3.07. The minimum Gasteiger partial charge on any atom is -0.496 e. The predicted octanol–water partition coefficient (Wildman–Crippen LogP) is 2.77. The molecule has 2 rings (SSSR count). The molecule has 2 aromatic rings. The zero-order valence-corrected chi connectivity index (χ0v) is 18.3. The van der Waals surface area contributed by atoms with Crippen LogP contribution in [0, 0.1) is 0 Å². The molecule has 0 aromatic heterocycles. The molecular formula is C21H27N3O5S. The van der Waals surface area contributed by atoms with E-state index in [1.165, 1.54) is 31.4 Å². The van der Waals surface area contributed by atoms with Crippen LogP contribution in [-0.4, -0.2) is 39.9 Å². The van der Waals surface area contributed by atoms with Crippen molar-refractivity contribution >= 4 is 27.5 Å². The van der Waals surface area contributed by atoms with E-state index in [0.29, 0.717) is 6.54 Å². The fourth-order valence-corrected chi connectivity index (χ4v) is 3.77. The quantitative estimate of drug-likeness (QED) is 0.563. The van der Waals surface area contributed by atoms with Gasteiger partial charge in [0.05, 0.1) is 28.8 Å². The highest BCUT2D eigenvalue weighted by Crippen LogP contribution is 2.25. The van der Waals surface area contributed by atoms with Gasteiger partial charge in [-0.25, -0.2) is 8.42 Å². The number of carbonyl (C=O) groups excluding carboxylic acids is 2. The Morgan fingerprint density at radius 2 is 1.73 bits per heavy atom. The van der Waals surface area contributed by atoms with Crippen molar-refractivity contribution in [1.82, 2.24) is 10.6 Å². The van der Waals surface area contributed by atoms with Gasteiger partial charge in [0, 0.05) is 12.6 Å². The molecule has 0 saturated carbocycles. The zero-order chi connectivity index (χ0) is 22.3. The third-order valence-corrected chi connectivity index (χ3v) is 5.83. The second kappa shape index (κ2) is 10.1. The van der Waals surface area contributed by atoms with Crippen LogP contribution in [0.4, 0.5) is 5.69 Å². The van der Waals surface area contributed by atoms with Crippen LogP contribution in [0.25, 0.3) is 0 Å². The van der Waals surface area contributed by atoms with E-state index in [1.807, 2.05) is 13.8 Å². The fourth-order valence-electron chi connectivity index (χ4n) is 2.66. The topological polar surface area (TPSA) is 114 Å². The molecule has 8 nitrogen and oxygen atoms in total. The third-order valence-electron chi connectivity index (χ3n) is 4.47. The Bertz CT molecular complexity index is 1020. The average molecular weight is 434 g/mol. The third kappa shape index (κ3) is 5.50. The van der Waals surface area contributed by atoms with E-state index in [9.17, 15) is 18.0 Å². The van der Waals surface area contributed by atoms with Crippen molar-refractivity contribution in [3.8, 4) is 5.75 Å². The molecule has 2 amide bonds. The standard InChI is InChI=1S/C21H27N3O5S/c1-5-14(3)23-21(26)16-9-7-8-10-18(16)24-30(27,28)15-11-12-19(29-4)17(13-15)20(25)22-6-2/h7-14,24H,5-6H2,1-4H3,(H,22,25)(H,23,26). The number of hydrogen-bond donors (Lipinski definition) is 3. The van der Waals surface area contributed by atoms with Gasteiger partial charge in [0.2, 0.25) is 0 Å². The van der Waals surface area contributed by atoms with Gasteiger partial charge in [0.15, 0.2) is 0 Å². The van der Waals surface area contributed by atoms with Crippen LogP contribution in [0.1, 0.15) is 47.9 Å². The summed E-state index contributed by atoms with van der Waals surface area (Å²) in [5, 5.41) is 5.45. The average Bonchev–Trinajstić information content (AvgIpc) is 2.73. The summed E-state index contributed by atoms with van der Waals surface area (Å²) in [5.41, 5.74) is 0.456. The molecule has 0 aliphatic heterocycles. The lowest BCUT2D eigenvalue weighted by Gasteiger charge is -2.16. The van der Waals surface area contributed by atoms with Gasteiger partial charge >= 0.3 is 0 Å². The molecule has 9 heteroatoms. The summed E-state index contributed by atoms with van der Waals surface area (Å²) in [5.74, 6) is -0.562. The van der Waals surface area contributed by atoms with Gasteiger partial charge in [0.25, 0.3) is 21.8 Å². The highest BCUT2D eigenvalue weighted by Gasteiger charge is 2.22. The van der Waals surface area contributed by atoms with E-state index in [2.05, 4.69) is 15.4 Å². The van der Waals surface area contributed by atoms with Gasteiger partial charge in [-0.3, -0.25) is 14.3 Å². The van der Waals surface area contributed by atoms with Gasteiger partial charge < -0.3 is 15.4 Å². The van der Waals surface area contributed by atoms with Crippen molar-refractivity contribution in [3.63, 3.8) is 0 Å². The molecule has 3 N–H and O–H groups in total. The monoisotopic (exact) mass is 433 g/mol. The molecule has 1 unspecified atom stereocenters. The largest absolute Gasteiger partial charge is 0.496 e. The fraction of sp³-hybridized carbons (Fsp3) is 0.333. The van der Waals surface area contributed by atoms with E-state index in [1.54, 1.807) is 25.1 Å². The summed E-state index contributed by atoms with van der Waals surface area (Å²) in [6, 6.07) is 10.3. The smallest absolute Gasteiger partial charge is 0.261 e. The van der Waals surface area contributed by atoms with Crippen molar-refractivity contribution in [1.29, 1.82) is 0 Å². The Morgan fingerprint density at radius 3 is 2.37 bits per heavy atom. The number of hydrogen-bond acceptors (Lipinski definition) is 5. The number of ether oxygens (including phenoxy) is 1. The first-order valence-electron chi connectivity index (χ1n) is 9.62. The lowest BCUT2D eigenvalue weighted by Crippen LogP contribution is -2.32. The number of carbonyl (C=O) groups is 2. The number of para-hydroxylation sites is 1. The molecule has 0 bridgehead atoms. The maximum absolute atomic E-state index is 13.0. The predicted molar refractivity (Wildman–Crippen MR) is 115 cm³/mol. The first kappa shape index (κ1) is 23.2. The highest BCUT2D eigenvalue weighted by molar-refractivity contribution is 7.92. The summed E-state index contributed by atoms with van der Waals surface area (Å²) in [6.45, 7) is 5.95.